The highest BCUT2D eigenvalue weighted by atomic mass is 19.1. The van der Waals surface area contributed by atoms with Crippen molar-refractivity contribution in [3.8, 4) is 5.75 Å². The minimum atomic E-state index is -0.703. The topological polar surface area (TPSA) is 81.9 Å². The number of ether oxygens (including phenoxy) is 2. The lowest BCUT2D eigenvalue weighted by atomic mass is 9.92. The molecule has 0 spiro atoms. The molecule has 210 valence electrons. The highest BCUT2D eigenvalue weighted by molar-refractivity contribution is 5.95. The van der Waals surface area contributed by atoms with Gasteiger partial charge in [0, 0.05) is 18.2 Å². The Bertz CT molecular complexity index is 1500. The van der Waals surface area contributed by atoms with Crippen LogP contribution in [0.15, 0.2) is 60.8 Å². The van der Waals surface area contributed by atoms with Gasteiger partial charge in [-0.25, -0.2) is 13.8 Å². The molecular formula is C31H33F2N3O4. The monoisotopic (exact) mass is 549 g/mol. The number of imidazole rings is 1. The summed E-state index contributed by atoms with van der Waals surface area (Å²) in [5.74, 6) is -1.81. The third kappa shape index (κ3) is 6.65. The quantitative estimate of drug-likeness (QED) is 0.224. The minimum Gasteiger partial charge on any atom is -0.485 e. The van der Waals surface area contributed by atoms with E-state index in [9.17, 15) is 18.4 Å². The molecule has 9 heteroatoms. The zero-order chi connectivity index (χ0) is 28.9. The lowest BCUT2D eigenvalue weighted by molar-refractivity contribution is -0.145. The highest BCUT2D eigenvalue weighted by Crippen LogP contribution is 2.27. The number of benzene rings is 2. The number of carbonyl (C=O) groups is 2. The molecule has 0 radical (unpaired) electrons. The van der Waals surface area contributed by atoms with Crippen molar-refractivity contribution in [2.24, 2.45) is 0 Å². The third-order valence-electron chi connectivity index (χ3n) is 6.97. The van der Waals surface area contributed by atoms with E-state index in [1.807, 2.05) is 51.1 Å². The third-order valence-corrected chi connectivity index (χ3v) is 6.97. The number of fused-ring (bicyclic) bond motifs is 1. The molecule has 2 aromatic heterocycles. The maximum atomic E-state index is 14.1. The van der Waals surface area contributed by atoms with Crippen LogP contribution in [0.5, 0.6) is 5.75 Å². The summed E-state index contributed by atoms with van der Waals surface area (Å²) in [4.78, 5) is 30.5. The Morgan fingerprint density at radius 2 is 1.73 bits per heavy atom. The van der Waals surface area contributed by atoms with Gasteiger partial charge in [0.05, 0.1) is 11.3 Å². The smallest absolute Gasteiger partial charge is 0.306 e. The normalized spacial score (nSPS) is 12.7. The lowest BCUT2D eigenvalue weighted by Crippen LogP contribution is -2.46. The molecule has 40 heavy (non-hydrogen) atoms. The highest BCUT2D eigenvalue weighted by Gasteiger charge is 2.29. The Balaban J connectivity index is 1.48. The first-order valence-corrected chi connectivity index (χ1v) is 13.2. The first-order valence-electron chi connectivity index (χ1n) is 13.2. The summed E-state index contributed by atoms with van der Waals surface area (Å²) in [5.41, 5.74) is 1.94. The molecule has 0 aliphatic rings. The van der Waals surface area contributed by atoms with Gasteiger partial charge in [0.15, 0.2) is 11.4 Å². The molecule has 0 saturated heterocycles. The van der Waals surface area contributed by atoms with Crippen LogP contribution in [0.25, 0.3) is 5.65 Å². The zero-order valence-electron chi connectivity index (χ0n) is 23.1. The molecule has 7 nitrogen and oxygen atoms in total. The number of nitrogens with zero attached hydrogens (tertiary/aromatic N) is 2. The van der Waals surface area contributed by atoms with E-state index >= 15 is 0 Å². The van der Waals surface area contributed by atoms with Crippen molar-refractivity contribution >= 4 is 17.5 Å². The fraction of sp³-hybridized carbons (Fsp3) is 0.323. The van der Waals surface area contributed by atoms with E-state index in [0.717, 1.165) is 11.1 Å². The van der Waals surface area contributed by atoms with E-state index in [1.54, 1.807) is 23.6 Å². The molecule has 1 unspecified atom stereocenters. The van der Waals surface area contributed by atoms with Crippen molar-refractivity contribution < 1.29 is 27.8 Å². The number of carbonyl (C=O) groups excluding carboxylic acids is 2. The van der Waals surface area contributed by atoms with Gasteiger partial charge in [-0.05, 0) is 62.9 Å². The number of hydrogen-bond donors (Lipinski definition) is 1. The number of rotatable bonds is 11. The molecule has 1 amide bonds. The molecule has 2 aromatic carbocycles. The maximum Gasteiger partial charge on any atom is 0.306 e. The Morgan fingerprint density at radius 3 is 2.40 bits per heavy atom. The summed E-state index contributed by atoms with van der Waals surface area (Å²) in [7, 11) is 0. The summed E-state index contributed by atoms with van der Waals surface area (Å²) in [6.07, 6.45) is 2.88. The van der Waals surface area contributed by atoms with Crippen LogP contribution < -0.4 is 10.1 Å². The van der Waals surface area contributed by atoms with Crippen LogP contribution in [0.2, 0.25) is 0 Å². The number of pyridine rings is 1. The predicted molar refractivity (Wildman–Crippen MR) is 147 cm³/mol. The van der Waals surface area contributed by atoms with Gasteiger partial charge in [0.1, 0.15) is 30.5 Å². The van der Waals surface area contributed by atoms with Crippen molar-refractivity contribution in [3.05, 3.63) is 101 Å². The Kier molecular flexibility index (Phi) is 8.82. The number of halogens is 2. The number of hydrogen-bond acceptors (Lipinski definition) is 5. The Hall–Kier alpha value is -4.27. The molecule has 0 aliphatic carbocycles. The summed E-state index contributed by atoms with van der Waals surface area (Å²) in [6.45, 7) is 7.22. The SMILES string of the molecule is CCC(C)(CCC(=O)OCc1ccccc1)NC(=O)c1c(C)nc2c(OCc3c(F)cccc3F)cc(C)cn12. The van der Waals surface area contributed by atoms with E-state index in [2.05, 4.69) is 10.3 Å². The van der Waals surface area contributed by atoms with Gasteiger partial charge >= 0.3 is 5.97 Å². The summed E-state index contributed by atoms with van der Waals surface area (Å²) >= 11 is 0. The van der Waals surface area contributed by atoms with Gasteiger partial charge < -0.3 is 14.8 Å². The minimum absolute atomic E-state index is 0.146. The number of aryl methyl sites for hydroxylation is 2. The van der Waals surface area contributed by atoms with Crippen LogP contribution in [-0.4, -0.2) is 26.8 Å². The van der Waals surface area contributed by atoms with Crippen molar-refractivity contribution in [2.45, 2.75) is 65.7 Å². The summed E-state index contributed by atoms with van der Waals surface area (Å²) < 4.78 is 41.0. The maximum absolute atomic E-state index is 14.1. The van der Waals surface area contributed by atoms with Gasteiger partial charge in [0.2, 0.25) is 0 Å². The Morgan fingerprint density at radius 1 is 1.02 bits per heavy atom. The molecule has 0 fully saturated rings. The molecule has 0 saturated carbocycles. The molecular weight excluding hydrogens is 516 g/mol. The first kappa shape index (κ1) is 28.7. The summed E-state index contributed by atoms with van der Waals surface area (Å²) in [5, 5.41) is 3.07. The van der Waals surface area contributed by atoms with E-state index in [1.165, 1.54) is 18.2 Å². The second kappa shape index (κ2) is 12.3. The lowest BCUT2D eigenvalue weighted by Gasteiger charge is -2.29. The van der Waals surface area contributed by atoms with Gasteiger partial charge in [-0.2, -0.15) is 0 Å². The predicted octanol–water partition coefficient (Wildman–Crippen LogP) is 6.23. The fourth-order valence-electron chi connectivity index (χ4n) is 4.41. The van der Waals surface area contributed by atoms with E-state index < -0.39 is 17.2 Å². The van der Waals surface area contributed by atoms with Crippen LogP contribution >= 0.6 is 0 Å². The average molecular weight is 550 g/mol. The largest absolute Gasteiger partial charge is 0.485 e. The van der Waals surface area contributed by atoms with Crippen LogP contribution in [0.3, 0.4) is 0 Å². The van der Waals surface area contributed by atoms with Crippen molar-refractivity contribution in [1.82, 2.24) is 14.7 Å². The number of aromatic nitrogens is 2. The second-order valence-corrected chi connectivity index (χ2v) is 10.1. The van der Waals surface area contributed by atoms with Crippen molar-refractivity contribution in [3.63, 3.8) is 0 Å². The number of amides is 1. The van der Waals surface area contributed by atoms with Gasteiger partial charge in [-0.3, -0.25) is 14.0 Å². The average Bonchev–Trinajstić information content (AvgIpc) is 3.26. The van der Waals surface area contributed by atoms with E-state index in [-0.39, 0.29) is 37.1 Å². The van der Waals surface area contributed by atoms with Crippen LogP contribution in [0.4, 0.5) is 8.78 Å². The molecule has 1 atom stereocenters. The fourth-order valence-corrected chi connectivity index (χ4v) is 4.41. The molecule has 0 bridgehead atoms. The standard InChI is InChI=1S/C31H33F2N3O4/c1-5-31(4,15-14-27(37)40-18-22-10-7-6-8-11-22)35-30(38)28-21(3)34-29-26(16-20(2)17-36(28)29)39-19-23-24(32)12-9-13-25(23)33/h6-13,16-17H,5,14-15,18-19H2,1-4H3,(H,35,38). The zero-order valence-corrected chi connectivity index (χ0v) is 23.1. The molecule has 1 N–H and O–H groups in total. The molecule has 4 aromatic rings. The van der Waals surface area contributed by atoms with Gasteiger partial charge in [-0.15, -0.1) is 0 Å². The van der Waals surface area contributed by atoms with Crippen LogP contribution in [0.1, 0.15) is 66.0 Å². The summed E-state index contributed by atoms with van der Waals surface area (Å²) in [6, 6.07) is 14.8. The van der Waals surface area contributed by atoms with Crippen molar-refractivity contribution in [2.75, 3.05) is 0 Å². The van der Waals surface area contributed by atoms with Crippen LogP contribution in [0, 0.1) is 25.5 Å². The second-order valence-electron chi connectivity index (χ2n) is 10.1. The number of nitrogens with one attached hydrogen (secondary N) is 1. The van der Waals surface area contributed by atoms with Crippen LogP contribution in [-0.2, 0) is 22.7 Å². The Labute approximate surface area is 232 Å². The molecule has 2 heterocycles. The van der Waals surface area contributed by atoms with E-state index in [0.29, 0.717) is 35.6 Å². The molecule has 0 aliphatic heterocycles. The van der Waals surface area contributed by atoms with E-state index in [4.69, 9.17) is 9.47 Å². The van der Waals surface area contributed by atoms with Gasteiger partial charge in [0.25, 0.3) is 5.91 Å². The molecule has 4 rings (SSSR count). The first-order chi connectivity index (χ1) is 19.1. The van der Waals surface area contributed by atoms with Gasteiger partial charge in [-0.1, -0.05) is 43.3 Å². The number of esters is 1. The van der Waals surface area contributed by atoms with Crippen molar-refractivity contribution in [1.29, 1.82) is 0 Å².